The van der Waals surface area contributed by atoms with Gasteiger partial charge in [-0.3, -0.25) is 0 Å². The first kappa shape index (κ1) is 33.6. The van der Waals surface area contributed by atoms with Gasteiger partial charge in [0.1, 0.15) is 0 Å². The van der Waals surface area contributed by atoms with Crippen LogP contribution < -0.4 is 42.6 Å². The zero-order chi connectivity index (χ0) is 38.2. The summed E-state index contributed by atoms with van der Waals surface area (Å²) in [6.45, 7) is 1.63. The Bertz CT molecular complexity index is 2740. The lowest BCUT2D eigenvalue weighted by Crippen LogP contribution is -2.63. The van der Waals surface area contributed by atoms with E-state index in [1.54, 1.807) is 0 Å². The number of benzene rings is 3. The van der Waals surface area contributed by atoms with Crippen molar-refractivity contribution >= 4 is 105 Å². The van der Waals surface area contributed by atoms with Crippen molar-refractivity contribution in [1.29, 1.82) is 0 Å². The zero-order valence-electron chi connectivity index (χ0n) is 31.2. The molecule has 4 aromatic heterocycles. The Hall–Kier alpha value is -5.41. The lowest BCUT2D eigenvalue weighted by atomic mass is 9.34. The summed E-state index contributed by atoms with van der Waals surface area (Å²) >= 11 is 7.52. The maximum absolute atomic E-state index is 5.23. The summed E-state index contributed by atoms with van der Waals surface area (Å²) in [5.41, 5.74) is 12.2. The molecular formula is C42H30B2N10S4. The Morgan fingerprint density at radius 2 is 0.966 bits per heavy atom. The van der Waals surface area contributed by atoms with Crippen LogP contribution in [0.2, 0.25) is 0 Å². The van der Waals surface area contributed by atoms with Crippen molar-refractivity contribution in [3.05, 3.63) is 123 Å². The lowest BCUT2D eigenvalue weighted by Gasteiger charge is -2.40. The van der Waals surface area contributed by atoms with Crippen LogP contribution >= 0.6 is 47.0 Å². The molecule has 6 aliphatic rings. The molecule has 10 nitrogen and oxygen atoms in total. The SMILES string of the molecule is CN1C=CN(c2ccc3c(c2)B2c4cc(-n5cccn5)cnc4Sc4c5c6c(c(c42)S3)Sc2ccc(N3C=CN(C)C3)cc2B6c2cc(-n3cccn3)cnc2S5)C1. The van der Waals surface area contributed by atoms with Crippen molar-refractivity contribution in [3.8, 4) is 11.4 Å². The highest BCUT2D eigenvalue weighted by atomic mass is 32.2. The Kier molecular flexibility index (Phi) is 7.26. The molecule has 0 radical (unpaired) electrons. The van der Waals surface area contributed by atoms with E-state index in [9.17, 15) is 0 Å². The molecule has 0 aliphatic carbocycles. The fourth-order valence-corrected chi connectivity index (χ4v) is 14.3. The number of anilines is 2. The highest BCUT2D eigenvalue weighted by molar-refractivity contribution is 8.05. The van der Waals surface area contributed by atoms with Crippen LogP contribution in [0.1, 0.15) is 0 Å². The summed E-state index contributed by atoms with van der Waals surface area (Å²) in [7, 11) is 4.24. The number of pyridine rings is 2. The van der Waals surface area contributed by atoms with Crippen LogP contribution in [-0.4, -0.2) is 80.2 Å². The Morgan fingerprint density at radius 1 is 0.517 bits per heavy atom. The molecule has 10 heterocycles. The van der Waals surface area contributed by atoms with Gasteiger partial charge in [-0.15, -0.1) is 0 Å². The van der Waals surface area contributed by atoms with E-state index in [1.165, 1.54) is 73.5 Å². The van der Waals surface area contributed by atoms with Gasteiger partial charge >= 0.3 is 0 Å². The van der Waals surface area contributed by atoms with E-state index in [0.717, 1.165) is 34.8 Å². The van der Waals surface area contributed by atoms with Gasteiger partial charge in [-0.2, -0.15) is 10.2 Å². The van der Waals surface area contributed by atoms with Gasteiger partial charge in [-0.25, -0.2) is 19.3 Å². The topological polar surface area (TPSA) is 74.4 Å². The minimum atomic E-state index is -0.00904. The smallest absolute Gasteiger partial charge is 0.249 e. The number of fused-ring (bicyclic) bond motifs is 10. The number of nitrogens with zero attached hydrogens (tertiary/aromatic N) is 10. The second-order valence-electron chi connectivity index (χ2n) is 15.3. The van der Waals surface area contributed by atoms with Crippen LogP contribution in [0.3, 0.4) is 0 Å². The highest BCUT2D eigenvalue weighted by Crippen LogP contribution is 2.50. The quantitative estimate of drug-likeness (QED) is 0.240. The molecule has 3 aromatic carbocycles. The van der Waals surface area contributed by atoms with Gasteiger partial charge in [0.15, 0.2) is 0 Å². The molecule has 0 amide bonds. The number of hydrogen-bond donors (Lipinski definition) is 0. The molecule has 13 rings (SSSR count). The van der Waals surface area contributed by atoms with Crippen molar-refractivity contribution in [1.82, 2.24) is 39.3 Å². The van der Waals surface area contributed by atoms with Crippen molar-refractivity contribution in [2.75, 3.05) is 37.2 Å². The van der Waals surface area contributed by atoms with Gasteiger partial charge in [-0.1, -0.05) is 58.0 Å². The fraction of sp³-hybridized carbons (Fsp3) is 0.0952. The Balaban J connectivity index is 1.06. The predicted molar refractivity (Wildman–Crippen MR) is 236 cm³/mol. The minimum absolute atomic E-state index is 0.00904. The molecule has 0 saturated heterocycles. The van der Waals surface area contributed by atoms with Gasteiger partial charge in [0.25, 0.3) is 0 Å². The maximum Gasteiger partial charge on any atom is 0.249 e. The second kappa shape index (κ2) is 12.5. The minimum Gasteiger partial charge on any atom is -0.361 e. The standard InChI is InChI=1S/C42H30B2N10S4/c1-49-13-15-51(23-49)25-5-7-33-29(17-25)43-31-19-27(53-11-3-9-47-53)21-45-41(31)57-39-35(43)37(55-33)38-36-40(39)58-42-32(20-28(22-46-42)54-12-4-10-48-54)44(36)30-18-26(6-8-34(30)56-38)52-16-14-50(2)24-52/h3-22H,23-24H2,1-2H3. The molecule has 0 spiro atoms. The summed E-state index contributed by atoms with van der Waals surface area (Å²) in [4.78, 5) is 27.4. The maximum atomic E-state index is 5.23. The molecule has 0 fully saturated rings. The average Bonchev–Trinajstić information content (AvgIpc) is 4.11. The van der Waals surface area contributed by atoms with Crippen LogP contribution in [0.4, 0.5) is 11.4 Å². The van der Waals surface area contributed by atoms with Gasteiger partial charge in [0.2, 0.25) is 13.4 Å². The van der Waals surface area contributed by atoms with E-state index in [2.05, 4.69) is 117 Å². The average molecular weight is 825 g/mol. The number of rotatable bonds is 4. The number of aromatic nitrogens is 6. The van der Waals surface area contributed by atoms with Gasteiger partial charge in [0.05, 0.1) is 47.2 Å². The number of hydrogen-bond acceptors (Lipinski definition) is 12. The van der Waals surface area contributed by atoms with Gasteiger partial charge in [0, 0.05) is 104 Å². The Labute approximate surface area is 352 Å². The van der Waals surface area contributed by atoms with Crippen LogP contribution in [-0.2, 0) is 0 Å². The molecule has 6 aliphatic heterocycles. The van der Waals surface area contributed by atoms with E-state index in [1.807, 2.05) is 106 Å². The summed E-state index contributed by atoms with van der Waals surface area (Å²) in [5, 5.41) is 11.3. The molecule has 16 heteroatoms. The van der Waals surface area contributed by atoms with Crippen molar-refractivity contribution in [3.63, 3.8) is 0 Å². The molecule has 0 unspecified atom stereocenters. The summed E-state index contributed by atoms with van der Waals surface area (Å²) in [6, 6.07) is 22.7. The molecule has 0 atom stereocenters. The fourth-order valence-electron chi connectivity index (χ4n) is 9.05. The lowest BCUT2D eigenvalue weighted by molar-refractivity contribution is 0.496. The zero-order valence-corrected chi connectivity index (χ0v) is 34.5. The summed E-state index contributed by atoms with van der Waals surface area (Å²) in [6.07, 6.45) is 20.2. The first-order valence-electron chi connectivity index (χ1n) is 19.1. The monoisotopic (exact) mass is 824 g/mol. The van der Waals surface area contributed by atoms with Crippen LogP contribution in [0.15, 0.2) is 162 Å². The van der Waals surface area contributed by atoms with Gasteiger partial charge < -0.3 is 19.6 Å². The molecule has 0 saturated carbocycles. The molecular weight excluding hydrogens is 794 g/mol. The second-order valence-corrected chi connectivity index (χ2v) is 19.4. The predicted octanol–water partition coefficient (Wildman–Crippen LogP) is 4.10. The Morgan fingerprint density at radius 3 is 1.38 bits per heavy atom. The third kappa shape index (κ3) is 4.95. The molecule has 0 N–H and O–H groups in total. The van der Waals surface area contributed by atoms with Crippen molar-refractivity contribution in [2.24, 2.45) is 0 Å². The van der Waals surface area contributed by atoms with E-state index in [0.29, 0.717) is 0 Å². The van der Waals surface area contributed by atoms with Gasteiger partial charge in [-0.05, 0) is 82.5 Å². The molecule has 58 heavy (non-hydrogen) atoms. The molecule has 278 valence electrons. The van der Waals surface area contributed by atoms with Crippen molar-refractivity contribution in [2.45, 2.75) is 39.4 Å². The third-order valence-electron chi connectivity index (χ3n) is 11.7. The third-order valence-corrected chi connectivity index (χ3v) is 16.7. The highest BCUT2D eigenvalue weighted by Gasteiger charge is 2.48. The van der Waals surface area contributed by atoms with E-state index in [-0.39, 0.29) is 13.4 Å². The van der Waals surface area contributed by atoms with E-state index >= 15 is 0 Å². The van der Waals surface area contributed by atoms with E-state index < -0.39 is 0 Å². The summed E-state index contributed by atoms with van der Waals surface area (Å²) in [5.74, 6) is 0. The largest absolute Gasteiger partial charge is 0.361 e. The summed E-state index contributed by atoms with van der Waals surface area (Å²) < 4.78 is 3.84. The first-order valence-corrected chi connectivity index (χ1v) is 22.3. The van der Waals surface area contributed by atoms with Crippen LogP contribution in [0.5, 0.6) is 0 Å². The molecule has 7 aromatic rings. The van der Waals surface area contributed by atoms with Crippen LogP contribution in [0.25, 0.3) is 11.4 Å². The normalized spacial score (nSPS) is 16.4. The van der Waals surface area contributed by atoms with E-state index in [4.69, 9.17) is 9.97 Å². The first-order chi connectivity index (χ1) is 28.5. The molecule has 0 bridgehead atoms. The van der Waals surface area contributed by atoms with Crippen molar-refractivity contribution < 1.29 is 0 Å². The van der Waals surface area contributed by atoms with Crippen LogP contribution in [0, 0.1) is 0 Å².